The van der Waals surface area contributed by atoms with Crippen LogP contribution in [0.25, 0.3) is 99.5 Å². The van der Waals surface area contributed by atoms with Crippen molar-refractivity contribution in [2.75, 3.05) is 0 Å². The third-order valence-corrected chi connectivity index (χ3v) is 15.4. The van der Waals surface area contributed by atoms with Crippen LogP contribution in [0.1, 0.15) is 22.3 Å². The zero-order chi connectivity index (χ0) is 57.3. The van der Waals surface area contributed by atoms with E-state index in [4.69, 9.17) is 4.98 Å². The molecule has 9 aromatic carbocycles. The van der Waals surface area contributed by atoms with Gasteiger partial charge in [0, 0.05) is 69.7 Å². The molecule has 3 heterocycles. The molecule has 82 heavy (non-hydrogen) atoms. The lowest BCUT2D eigenvalue weighted by Gasteiger charge is -2.40. The summed E-state index contributed by atoms with van der Waals surface area (Å²) in [4.78, 5) is 13.3. The van der Waals surface area contributed by atoms with E-state index >= 15 is 0 Å². The predicted octanol–water partition coefficient (Wildman–Crippen LogP) is 11.5. The van der Waals surface area contributed by atoms with Gasteiger partial charge in [-0.1, -0.05) is 121 Å². The second-order valence-corrected chi connectivity index (χ2v) is 20.4. The van der Waals surface area contributed by atoms with Crippen LogP contribution in [0, 0.1) is 23.3 Å². The lowest BCUT2D eigenvalue weighted by atomic mass is 9.67. The van der Waals surface area contributed by atoms with Crippen molar-refractivity contribution in [1.29, 1.82) is 0 Å². The first-order chi connectivity index (χ1) is 39.3. The smallest absolute Gasteiger partial charge is 0.252 e. The van der Waals surface area contributed by atoms with E-state index in [1.165, 1.54) is 30.3 Å². The molecule has 0 aliphatic carbocycles. The SMILES string of the molecule is BC(O)(c1ccc(-c2ccc(F)cc2F)nc1)C(O)(O)c1cc(-c2ccccc2-c2cnc(-c3ccccc3)cc2-c2ccc3c4ccccc4c4ccccc4c3c2)cc(C(O)(O)C(O)(O)c2ccc(-c3ccc(F)cc3F)nc2)c1. The van der Waals surface area contributed by atoms with E-state index in [1.807, 2.05) is 66.7 Å². The van der Waals surface area contributed by atoms with E-state index in [2.05, 4.69) is 46.4 Å². The first kappa shape index (κ1) is 53.4. The van der Waals surface area contributed by atoms with E-state index in [9.17, 15) is 53.3 Å². The molecule has 1 unspecified atom stereocenters. The number of fused-ring (bicyclic) bond motifs is 6. The standard InChI is InChI=1S/C67H46BF4N3O7/c68-64(76,41-19-26-61(73-35-41)54-24-21-45(69)32-59(54)71)65(77,78)43-28-40(29-44(31-43)67(81,82)66(79,80)42-20-27-62(74-36-42)55-25-22-46(70)33-60(55)72)47-12-4-5-13-48(47)58-37-75-63(38-10-2-1-3-11-38)34-56(58)39-18-23-53-51-16-7-6-14-49(51)50-15-8-9-17-52(50)57(53)30-39/h1-37,76-82H,68H2. The molecule has 1 atom stereocenters. The molecule has 0 spiro atoms. The zero-order valence-electron chi connectivity index (χ0n) is 43.3. The van der Waals surface area contributed by atoms with Gasteiger partial charge in [-0.2, -0.15) is 0 Å². The van der Waals surface area contributed by atoms with Gasteiger partial charge in [0.1, 0.15) is 28.8 Å². The minimum atomic E-state index is -3.76. The molecule has 3 aromatic heterocycles. The number of pyridine rings is 3. The molecule has 15 heteroatoms. The van der Waals surface area contributed by atoms with Crippen molar-refractivity contribution in [3.63, 3.8) is 0 Å². The first-order valence-corrected chi connectivity index (χ1v) is 25.9. The molecule has 0 fully saturated rings. The minimum absolute atomic E-state index is 0.0218. The Morgan fingerprint density at radius 2 is 0.768 bits per heavy atom. The van der Waals surface area contributed by atoms with Crippen LogP contribution in [-0.2, 0) is 22.9 Å². The van der Waals surface area contributed by atoms with Crippen LogP contribution < -0.4 is 0 Å². The summed E-state index contributed by atoms with van der Waals surface area (Å²) in [7, 11) is 1.05. The van der Waals surface area contributed by atoms with Gasteiger partial charge < -0.3 is 35.7 Å². The second kappa shape index (κ2) is 20.4. The molecule has 402 valence electrons. The highest BCUT2D eigenvalue weighted by Gasteiger charge is 2.53. The molecular weight excluding hydrogens is 1050 g/mol. The fraction of sp³-hybridized carbons (Fsp3) is 0.0597. The Balaban J connectivity index is 1.04. The summed E-state index contributed by atoms with van der Waals surface area (Å²) in [5, 5.41) is 91.9. The number of aliphatic hydroxyl groups is 7. The molecule has 12 aromatic rings. The molecule has 0 saturated heterocycles. The van der Waals surface area contributed by atoms with Crippen LogP contribution in [0.3, 0.4) is 0 Å². The third-order valence-electron chi connectivity index (χ3n) is 15.4. The molecule has 7 N–H and O–H groups in total. The van der Waals surface area contributed by atoms with Crippen LogP contribution >= 0.6 is 0 Å². The lowest BCUT2D eigenvalue weighted by molar-refractivity contribution is -0.375. The summed E-state index contributed by atoms with van der Waals surface area (Å²) in [6.07, 6.45) is 3.63. The quantitative estimate of drug-likeness (QED) is 0.0269. The normalized spacial score (nSPS) is 13.0. The van der Waals surface area contributed by atoms with Crippen molar-refractivity contribution in [1.82, 2.24) is 15.0 Å². The number of hydrogen-bond donors (Lipinski definition) is 7. The summed E-state index contributed by atoms with van der Waals surface area (Å²) in [6, 6.07) is 55.0. The predicted molar refractivity (Wildman–Crippen MR) is 308 cm³/mol. The van der Waals surface area contributed by atoms with E-state index in [-0.39, 0.29) is 33.6 Å². The Labute approximate surface area is 466 Å². The number of hydrogen-bond acceptors (Lipinski definition) is 10. The summed E-state index contributed by atoms with van der Waals surface area (Å²) >= 11 is 0. The van der Waals surface area contributed by atoms with Crippen molar-refractivity contribution in [3.8, 4) is 67.2 Å². The Bertz CT molecular complexity index is 4300. The van der Waals surface area contributed by atoms with Gasteiger partial charge in [0.2, 0.25) is 5.79 Å². The molecule has 0 aliphatic heterocycles. The summed E-state index contributed by atoms with van der Waals surface area (Å²) in [6.45, 7) is 0. The molecule has 0 bridgehead atoms. The fourth-order valence-corrected chi connectivity index (χ4v) is 10.8. The van der Waals surface area contributed by atoms with Crippen molar-refractivity contribution < 1.29 is 53.3 Å². The minimum Gasteiger partial charge on any atom is -0.389 e. The first-order valence-electron chi connectivity index (χ1n) is 25.9. The van der Waals surface area contributed by atoms with E-state index < -0.39 is 62.8 Å². The highest BCUT2D eigenvalue weighted by Crippen LogP contribution is 2.47. The molecule has 10 nitrogen and oxygen atoms in total. The Morgan fingerprint density at radius 1 is 0.293 bits per heavy atom. The number of benzene rings is 9. The van der Waals surface area contributed by atoms with Crippen molar-refractivity contribution in [2.45, 2.75) is 22.9 Å². The lowest BCUT2D eigenvalue weighted by Crippen LogP contribution is -2.51. The Hall–Kier alpha value is -9.29. The van der Waals surface area contributed by atoms with Crippen LogP contribution in [-0.4, -0.2) is 58.5 Å². The van der Waals surface area contributed by atoms with Gasteiger partial charge in [0.05, 0.1) is 17.1 Å². The average molecular weight is 1090 g/mol. The van der Waals surface area contributed by atoms with Gasteiger partial charge in [-0.25, -0.2) is 17.6 Å². The monoisotopic (exact) mass is 1090 g/mol. The molecule has 0 amide bonds. The topological polar surface area (TPSA) is 180 Å². The number of halogens is 4. The van der Waals surface area contributed by atoms with E-state index in [0.717, 1.165) is 106 Å². The van der Waals surface area contributed by atoms with Gasteiger partial charge in [0.25, 0.3) is 11.6 Å². The number of aromatic nitrogens is 3. The summed E-state index contributed by atoms with van der Waals surface area (Å²) in [5.41, 5.74) is -0.638. The highest BCUT2D eigenvalue weighted by molar-refractivity contribution is 6.26. The van der Waals surface area contributed by atoms with Crippen LogP contribution in [0.2, 0.25) is 0 Å². The number of rotatable bonds is 12. The van der Waals surface area contributed by atoms with Gasteiger partial charge in [-0.05, 0) is 138 Å². The molecule has 0 radical (unpaired) electrons. The van der Waals surface area contributed by atoms with Crippen LogP contribution in [0.15, 0.2) is 225 Å². The van der Waals surface area contributed by atoms with E-state index in [1.54, 1.807) is 30.5 Å². The third kappa shape index (κ3) is 9.16. The highest BCUT2D eigenvalue weighted by atomic mass is 19.1. The number of nitrogens with zero attached hydrogens (tertiary/aromatic N) is 3. The fourth-order valence-electron chi connectivity index (χ4n) is 10.8. The Kier molecular flexibility index (Phi) is 13.2. The average Bonchev–Trinajstić information content (AvgIpc) is 2.38. The summed E-state index contributed by atoms with van der Waals surface area (Å²) < 4.78 is 57.3. The maximum absolute atomic E-state index is 14.9. The Morgan fingerprint density at radius 3 is 1.32 bits per heavy atom. The molecule has 12 rings (SSSR count). The van der Waals surface area contributed by atoms with Gasteiger partial charge in [0.15, 0.2) is 7.85 Å². The van der Waals surface area contributed by atoms with Crippen LogP contribution in [0.5, 0.6) is 0 Å². The van der Waals surface area contributed by atoms with Crippen molar-refractivity contribution in [3.05, 3.63) is 270 Å². The van der Waals surface area contributed by atoms with Gasteiger partial charge in [-0.3, -0.25) is 15.0 Å². The summed E-state index contributed by atoms with van der Waals surface area (Å²) in [5.74, 6) is -14.4. The molecule has 0 saturated carbocycles. The maximum Gasteiger partial charge on any atom is 0.252 e. The molecule has 0 aliphatic rings. The zero-order valence-corrected chi connectivity index (χ0v) is 43.3. The van der Waals surface area contributed by atoms with Crippen molar-refractivity contribution >= 4 is 40.2 Å². The molecular formula is C67H46BF4N3O7. The second-order valence-electron chi connectivity index (χ2n) is 20.4. The van der Waals surface area contributed by atoms with E-state index in [0.29, 0.717) is 34.5 Å². The van der Waals surface area contributed by atoms with Crippen LogP contribution in [0.4, 0.5) is 17.6 Å². The maximum atomic E-state index is 14.9. The van der Waals surface area contributed by atoms with Gasteiger partial charge >= 0.3 is 0 Å². The largest absolute Gasteiger partial charge is 0.389 e. The van der Waals surface area contributed by atoms with Crippen molar-refractivity contribution in [2.24, 2.45) is 0 Å². The van der Waals surface area contributed by atoms with Gasteiger partial charge in [-0.15, -0.1) is 0 Å².